The predicted molar refractivity (Wildman–Crippen MR) is 92.6 cm³/mol. The quantitative estimate of drug-likeness (QED) is 0.842. The van der Waals surface area contributed by atoms with Crippen molar-refractivity contribution in [3.63, 3.8) is 0 Å². The summed E-state index contributed by atoms with van der Waals surface area (Å²) in [6.45, 7) is 0. The molecule has 0 unspecified atom stereocenters. The first kappa shape index (κ1) is 16.5. The fraction of sp³-hybridized carbons (Fsp3) is 0.118. The van der Waals surface area contributed by atoms with Gasteiger partial charge in [-0.1, -0.05) is 29.3 Å². The predicted octanol–water partition coefficient (Wildman–Crippen LogP) is 3.90. The molecular weight excluding hydrogens is 351 g/mol. The number of amides is 3. The van der Waals surface area contributed by atoms with E-state index in [1.165, 1.54) is 18.2 Å². The molecule has 0 spiro atoms. The maximum Gasteiger partial charge on any atom is 0.255 e. The smallest absolute Gasteiger partial charge is 0.255 e. The van der Waals surface area contributed by atoms with Crippen molar-refractivity contribution < 1.29 is 14.4 Å². The van der Waals surface area contributed by atoms with Crippen molar-refractivity contribution in [1.29, 1.82) is 0 Å². The van der Waals surface area contributed by atoms with Crippen LogP contribution in [-0.4, -0.2) is 17.7 Å². The second-order valence-electron chi connectivity index (χ2n) is 5.25. The molecule has 0 aliphatic carbocycles. The van der Waals surface area contributed by atoms with E-state index in [1.807, 2.05) is 0 Å². The van der Waals surface area contributed by atoms with Gasteiger partial charge >= 0.3 is 0 Å². The molecule has 24 heavy (non-hydrogen) atoms. The van der Waals surface area contributed by atoms with Crippen molar-refractivity contribution in [1.82, 2.24) is 0 Å². The van der Waals surface area contributed by atoms with Crippen molar-refractivity contribution in [3.05, 3.63) is 58.1 Å². The number of carbonyl (C=O) groups is 3. The molecule has 5 nitrogen and oxygen atoms in total. The SMILES string of the molecule is O=C(Nc1cccc(Cl)c1)c1ccc(Cl)c(N2C(=O)CCC2=O)c1. The molecule has 2 aromatic carbocycles. The Balaban J connectivity index is 1.89. The minimum Gasteiger partial charge on any atom is -0.322 e. The van der Waals surface area contributed by atoms with Gasteiger partial charge in [0.1, 0.15) is 0 Å². The molecular formula is C17H12Cl2N2O3. The topological polar surface area (TPSA) is 66.5 Å². The van der Waals surface area contributed by atoms with Gasteiger partial charge in [-0.25, -0.2) is 4.90 Å². The Kier molecular flexibility index (Phi) is 4.55. The van der Waals surface area contributed by atoms with Crippen LogP contribution in [0.3, 0.4) is 0 Å². The first-order valence-corrected chi connectivity index (χ1v) is 7.93. The molecule has 1 heterocycles. The van der Waals surface area contributed by atoms with E-state index in [4.69, 9.17) is 23.2 Å². The summed E-state index contributed by atoms with van der Waals surface area (Å²) in [7, 11) is 0. The second kappa shape index (κ2) is 6.63. The lowest BCUT2D eigenvalue weighted by molar-refractivity contribution is -0.121. The number of carbonyl (C=O) groups excluding carboxylic acids is 3. The molecule has 2 aromatic rings. The molecule has 0 radical (unpaired) electrons. The van der Waals surface area contributed by atoms with Gasteiger partial charge in [-0.05, 0) is 36.4 Å². The third-order valence-corrected chi connectivity index (χ3v) is 4.14. The molecule has 0 aromatic heterocycles. The highest BCUT2D eigenvalue weighted by molar-refractivity contribution is 6.36. The molecule has 122 valence electrons. The Labute approximate surface area is 148 Å². The average molecular weight is 363 g/mol. The zero-order chi connectivity index (χ0) is 17.3. The van der Waals surface area contributed by atoms with Gasteiger partial charge in [-0.3, -0.25) is 14.4 Å². The van der Waals surface area contributed by atoms with Crippen molar-refractivity contribution in [2.45, 2.75) is 12.8 Å². The normalized spacial score (nSPS) is 14.2. The minimum atomic E-state index is -0.394. The van der Waals surface area contributed by atoms with Crippen molar-refractivity contribution in [2.75, 3.05) is 10.2 Å². The van der Waals surface area contributed by atoms with Crippen LogP contribution >= 0.6 is 23.2 Å². The van der Waals surface area contributed by atoms with Gasteiger partial charge in [0.05, 0.1) is 10.7 Å². The van der Waals surface area contributed by atoms with Crippen LogP contribution in [0.1, 0.15) is 23.2 Å². The summed E-state index contributed by atoms with van der Waals surface area (Å²) in [6.07, 6.45) is 0.294. The summed E-state index contributed by atoms with van der Waals surface area (Å²) in [4.78, 5) is 37.2. The van der Waals surface area contributed by atoms with E-state index >= 15 is 0 Å². The molecule has 0 atom stereocenters. The molecule has 7 heteroatoms. The van der Waals surface area contributed by atoms with Crippen LogP contribution in [0.25, 0.3) is 0 Å². The number of nitrogens with zero attached hydrogens (tertiary/aromatic N) is 1. The Morgan fingerprint density at radius 2 is 1.71 bits per heavy atom. The Morgan fingerprint density at radius 3 is 2.38 bits per heavy atom. The van der Waals surface area contributed by atoms with Gasteiger partial charge in [-0.15, -0.1) is 0 Å². The number of rotatable bonds is 3. The fourth-order valence-corrected chi connectivity index (χ4v) is 2.83. The highest BCUT2D eigenvalue weighted by atomic mass is 35.5. The fourth-order valence-electron chi connectivity index (χ4n) is 2.44. The molecule has 0 bridgehead atoms. The summed E-state index contributed by atoms with van der Waals surface area (Å²) in [6, 6.07) is 11.2. The molecule has 1 fully saturated rings. The third kappa shape index (κ3) is 3.27. The number of halogens is 2. The highest BCUT2D eigenvalue weighted by Crippen LogP contribution is 2.31. The zero-order valence-corrected chi connectivity index (χ0v) is 13.9. The van der Waals surface area contributed by atoms with Crippen LogP contribution in [0.5, 0.6) is 0 Å². The standard InChI is InChI=1S/C17H12Cl2N2O3/c18-11-2-1-3-12(9-11)20-17(24)10-4-5-13(19)14(8-10)21-15(22)6-7-16(21)23/h1-5,8-9H,6-7H2,(H,20,24). The van der Waals surface area contributed by atoms with Gasteiger partial charge in [0.25, 0.3) is 5.91 Å². The number of benzene rings is 2. The lowest BCUT2D eigenvalue weighted by Crippen LogP contribution is -2.29. The van der Waals surface area contributed by atoms with Gasteiger partial charge in [0.15, 0.2) is 0 Å². The summed E-state index contributed by atoms with van der Waals surface area (Å²) in [5, 5.41) is 3.44. The van der Waals surface area contributed by atoms with Crippen molar-refractivity contribution in [2.24, 2.45) is 0 Å². The first-order chi connectivity index (χ1) is 11.5. The van der Waals surface area contributed by atoms with Crippen molar-refractivity contribution >= 4 is 52.3 Å². The molecule has 3 amide bonds. The number of anilines is 2. The summed E-state index contributed by atoms with van der Waals surface area (Å²) < 4.78 is 0. The van der Waals surface area contributed by atoms with Crippen LogP contribution in [-0.2, 0) is 9.59 Å². The third-order valence-electron chi connectivity index (χ3n) is 3.58. The van der Waals surface area contributed by atoms with Gasteiger partial charge in [-0.2, -0.15) is 0 Å². The van der Waals surface area contributed by atoms with Crippen LogP contribution in [0.4, 0.5) is 11.4 Å². The first-order valence-electron chi connectivity index (χ1n) is 7.18. The number of imide groups is 1. The van der Waals surface area contributed by atoms with E-state index in [-0.39, 0.29) is 40.9 Å². The van der Waals surface area contributed by atoms with Gasteiger partial charge in [0, 0.05) is 29.1 Å². The highest BCUT2D eigenvalue weighted by Gasteiger charge is 2.32. The van der Waals surface area contributed by atoms with E-state index in [0.29, 0.717) is 10.7 Å². The average Bonchev–Trinajstić information content (AvgIpc) is 2.87. The molecule has 1 aliphatic heterocycles. The lowest BCUT2D eigenvalue weighted by atomic mass is 10.1. The van der Waals surface area contributed by atoms with Crippen molar-refractivity contribution in [3.8, 4) is 0 Å². The Bertz CT molecular complexity index is 835. The largest absolute Gasteiger partial charge is 0.322 e. The van der Waals surface area contributed by atoms with Crippen LogP contribution in [0, 0.1) is 0 Å². The summed E-state index contributed by atoms with van der Waals surface area (Å²) in [5.41, 5.74) is 1.04. The summed E-state index contributed by atoms with van der Waals surface area (Å²) in [5.74, 6) is -1.04. The van der Waals surface area contributed by atoms with Crippen LogP contribution in [0.2, 0.25) is 10.0 Å². The maximum atomic E-state index is 12.4. The second-order valence-corrected chi connectivity index (χ2v) is 6.10. The lowest BCUT2D eigenvalue weighted by Gasteiger charge is -2.16. The molecule has 3 rings (SSSR count). The van der Waals surface area contributed by atoms with E-state index in [0.717, 1.165) is 4.90 Å². The number of hydrogen-bond donors (Lipinski definition) is 1. The van der Waals surface area contributed by atoms with E-state index < -0.39 is 5.91 Å². The Morgan fingerprint density at radius 1 is 1.00 bits per heavy atom. The monoisotopic (exact) mass is 362 g/mol. The maximum absolute atomic E-state index is 12.4. The zero-order valence-electron chi connectivity index (χ0n) is 12.4. The number of hydrogen-bond acceptors (Lipinski definition) is 3. The Hall–Kier alpha value is -2.37. The van der Waals surface area contributed by atoms with Gasteiger partial charge < -0.3 is 5.32 Å². The number of nitrogens with one attached hydrogen (secondary N) is 1. The van der Waals surface area contributed by atoms with E-state index in [9.17, 15) is 14.4 Å². The van der Waals surface area contributed by atoms with E-state index in [1.54, 1.807) is 24.3 Å². The van der Waals surface area contributed by atoms with Crippen LogP contribution < -0.4 is 10.2 Å². The molecule has 1 aliphatic rings. The molecule has 1 saturated heterocycles. The minimum absolute atomic E-state index is 0.147. The van der Waals surface area contributed by atoms with E-state index in [2.05, 4.69) is 5.32 Å². The molecule has 1 N–H and O–H groups in total. The molecule has 0 saturated carbocycles. The van der Waals surface area contributed by atoms with Gasteiger partial charge in [0.2, 0.25) is 11.8 Å². The van der Waals surface area contributed by atoms with Crippen LogP contribution in [0.15, 0.2) is 42.5 Å². The summed E-state index contributed by atoms with van der Waals surface area (Å²) >= 11 is 12.0.